The number of carbonyl (C=O) groups excluding carboxylic acids is 2. The monoisotopic (exact) mass is 408 g/mol. The minimum atomic E-state index is -0.175. The Balaban J connectivity index is 1.19. The predicted octanol–water partition coefficient (Wildman–Crippen LogP) is 3.71. The molecule has 0 aromatic carbocycles. The lowest BCUT2D eigenvalue weighted by molar-refractivity contribution is -0.140. The third-order valence-corrected chi connectivity index (χ3v) is 8.77. The molecule has 2 amide bonds. The third-order valence-electron chi connectivity index (χ3n) is 8.77. The van der Waals surface area contributed by atoms with Crippen LogP contribution in [0.2, 0.25) is 0 Å². The molecular weight excluding hydrogens is 376 g/mol. The van der Waals surface area contributed by atoms with Crippen LogP contribution in [0.4, 0.5) is 5.82 Å². The molecule has 160 valence electrons. The molecule has 0 atom stereocenters. The molecule has 1 N–H and O–H groups in total. The van der Waals surface area contributed by atoms with E-state index in [1.54, 1.807) is 6.33 Å². The Morgan fingerprint density at radius 2 is 1.67 bits per heavy atom. The number of amides is 2. The minimum Gasteiger partial charge on any atom is -0.336 e. The van der Waals surface area contributed by atoms with Crippen molar-refractivity contribution in [2.24, 2.45) is 29.1 Å². The number of hydrogen-bond acceptors (Lipinski definition) is 4. The molecule has 2 heterocycles. The summed E-state index contributed by atoms with van der Waals surface area (Å²) in [6.07, 6.45) is 13.8. The molecule has 0 radical (unpaired) electrons. The zero-order valence-corrected chi connectivity index (χ0v) is 17.7. The Labute approximate surface area is 178 Å². The lowest BCUT2D eigenvalue weighted by atomic mass is 9.49. The Hall–Kier alpha value is -1.98. The average Bonchev–Trinajstić information content (AvgIpc) is 3.27. The first kappa shape index (κ1) is 18.8. The molecule has 5 aliphatic carbocycles. The van der Waals surface area contributed by atoms with Crippen LogP contribution in [0.3, 0.4) is 0 Å². The first-order valence-corrected chi connectivity index (χ1v) is 12.0. The van der Waals surface area contributed by atoms with E-state index in [4.69, 9.17) is 0 Å². The van der Waals surface area contributed by atoms with Gasteiger partial charge in [0.2, 0.25) is 11.8 Å². The molecule has 4 bridgehead atoms. The maximum Gasteiger partial charge on any atom is 0.231 e. The number of hydrogen-bond donors (Lipinski definition) is 1. The normalized spacial score (nSPS) is 34.8. The molecule has 6 heteroatoms. The summed E-state index contributed by atoms with van der Waals surface area (Å²) in [5.74, 6) is 3.60. The van der Waals surface area contributed by atoms with Gasteiger partial charge in [0.15, 0.2) is 0 Å². The van der Waals surface area contributed by atoms with Crippen molar-refractivity contribution in [1.29, 1.82) is 0 Å². The van der Waals surface area contributed by atoms with Gasteiger partial charge in [-0.05, 0) is 75.5 Å². The van der Waals surface area contributed by atoms with Gasteiger partial charge in [-0.3, -0.25) is 9.59 Å². The highest BCUT2D eigenvalue weighted by Crippen LogP contribution is 2.60. The van der Waals surface area contributed by atoms with Crippen LogP contribution in [0.25, 0.3) is 0 Å². The van der Waals surface area contributed by atoms with Gasteiger partial charge in [0.05, 0.1) is 17.7 Å². The third kappa shape index (κ3) is 3.05. The van der Waals surface area contributed by atoms with Crippen LogP contribution in [0.15, 0.2) is 6.33 Å². The molecule has 30 heavy (non-hydrogen) atoms. The average molecular weight is 409 g/mol. The number of nitrogens with zero attached hydrogens (tertiary/aromatic N) is 3. The highest BCUT2D eigenvalue weighted by Gasteiger charge is 2.54. The van der Waals surface area contributed by atoms with Crippen molar-refractivity contribution < 1.29 is 9.59 Å². The summed E-state index contributed by atoms with van der Waals surface area (Å²) in [6.45, 7) is 1.25. The van der Waals surface area contributed by atoms with E-state index in [0.29, 0.717) is 18.9 Å². The smallest absolute Gasteiger partial charge is 0.231 e. The van der Waals surface area contributed by atoms with Gasteiger partial charge in [0, 0.05) is 18.0 Å². The van der Waals surface area contributed by atoms with Gasteiger partial charge in [-0.2, -0.15) is 0 Å². The summed E-state index contributed by atoms with van der Waals surface area (Å²) in [4.78, 5) is 37.2. The van der Waals surface area contributed by atoms with Crippen molar-refractivity contribution in [3.05, 3.63) is 17.6 Å². The van der Waals surface area contributed by atoms with Crippen molar-refractivity contribution >= 4 is 17.6 Å². The number of aromatic nitrogens is 2. The quantitative estimate of drug-likeness (QED) is 0.827. The maximum absolute atomic E-state index is 13.5. The number of fused-ring (bicyclic) bond motifs is 1. The van der Waals surface area contributed by atoms with Gasteiger partial charge in [0.25, 0.3) is 0 Å². The van der Waals surface area contributed by atoms with Crippen LogP contribution >= 0.6 is 0 Å². The summed E-state index contributed by atoms with van der Waals surface area (Å²) >= 11 is 0. The number of rotatable bonds is 3. The van der Waals surface area contributed by atoms with Gasteiger partial charge in [-0.1, -0.05) is 12.8 Å². The number of anilines is 1. The summed E-state index contributed by atoms with van der Waals surface area (Å²) in [5, 5.41) is 3.23. The molecule has 1 aliphatic heterocycles. The fourth-order valence-corrected chi connectivity index (χ4v) is 7.71. The Morgan fingerprint density at radius 1 is 1.00 bits per heavy atom. The second-order valence-electron chi connectivity index (χ2n) is 10.8. The molecule has 0 spiro atoms. The van der Waals surface area contributed by atoms with Gasteiger partial charge in [0.1, 0.15) is 12.1 Å². The molecule has 1 aromatic heterocycles. The summed E-state index contributed by atoms with van der Waals surface area (Å²) < 4.78 is 0. The maximum atomic E-state index is 13.5. The molecule has 5 saturated carbocycles. The standard InChI is InChI=1S/C24H32N4O2/c29-22(18-3-1-2-4-18)28-6-5-19-20(13-28)25-14-26-21(19)27-23(30)24-10-15-7-16(11-24)9-17(8-15)12-24/h14-18H,1-13H2,(H,25,26,27,30). The Morgan fingerprint density at radius 3 is 2.33 bits per heavy atom. The molecule has 1 aromatic rings. The van der Waals surface area contributed by atoms with Crippen molar-refractivity contribution in [1.82, 2.24) is 14.9 Å². The van der Waals surface area contributed by atoms with E-state index in [2.05, 4.69) is 15.3 Å². The van der Waals surface area contributed by atoms with E-state index in [-0.39, 0.29) is 23.1 Å². The minimum absolute atomic E-state index is 0.175. The van der Waals surface area contributed by atoms with Gasteiger partial charge in [-0.25, -0.2) is 9.97 Å². The molecule has 6 nitrogen and oxygen atoms in total. The van der Waals surface area contributed by atoms with E-state index >= 15 is 0 Å². The number of nitrogens with one attached hydrogen (secondary N) is 1. The first-order chi connectivity index (χ1) is 14.6. The lowest BCUT2D eigenvalue weighted by Crippen LogP contribution is -2.52. The molecule has 6 aliphatic rings. The van der Waals surface area contributed by atoms with Crippen LogP contribution in [0, 0.1) is 29.1 Å². The van der Waals surface area contributed by atoms with Crippen molar-refractivity contribution in [3.8, 4) is 0 Å². The highest BCUT2D eigenvalue weighted by molar-refractivity contribution is 5.95. The Kier molecular flexibility index (Phi) is 4.40. The van der Waals surface area contributed by atoms with Crippen LogP contribution in [-0.4, -0.2) is 33.2 Å². The Bertz CT molecular complexity index is 841. The van der Waals surface area contributed by atoms with E-state index < -0.39 is 0 Å². The van der Waals surface area contributed by atoms with E-state index in [1.165, 1.54) is 32.1 Å². The molecule has 5 fully saturated rings. The van der Waals surface area contributed by atoms with E-state index in [9.17, 15) is 9.59 Å². The zero-order valence-electron chi connectivity index (χ0n) is 17.7. The van der Waals surface area contributed by atoms with E-state index in [1.807, 2.05) is 4.90 Å². The number of carbonyl (C=O) groups is 2. The fraction of sp³-hybridized carbons (Fsp3) is 0.750. The topological polar surface area (TPSA) is 75.2 Å². The van der Waals surface area contributed by atoms with Gasteiger partial charge < -0.3 is 10.2 Å². The summed E-state index contributed by atoms with van der Waals surface area (Å²) in [5.41, 5.74) is 1.76. The molecule has 0 saturated heterocycles. The lowest BCUT2D eigenvalue weighted by Gasteiger charge is -2.55. The second-order valence-corrected chi connectivity index (χ2v) is 10.8. The summed E-state index contributed by atoms with van der Waals surface area (Å²) in [7, 11) is 0. The van der Waals surface area contributed by atoms with Crippen molar-refractivity contribution in [3.63, 3.8) is 0 Å². The summed E-state index contributed by atoms with van der Waals surface area (Å²) in [6, 6.07) is 0. The first-order valence-electron chi connectivity index (χ1n) is 12.0. The van der Waals surface area contributed by atoms with Crippen molar-refractivity contribution in [2.45, 2.75) is 77.2 Å². The van der Waals surface area contributed by atoms with Crippen LogP contribution < -0.4 is 5.32 Å². The molecular formula is C24H32N4O2. The molecule has 7 rings (SSSR count). The fourth-order valence-electron chi connectivity index (χ4n) is 7.71. The SMILES string of the molecule is O=C(C1CCCC1)N1CCc2c(ncnc2NC(=O)C23CC4CC(CC(C4)C2)C3)C1. The second kappa shape index (κ2) is 7.03. The van der Waals surface area contributed by atoms with E-state index in [0.717, 1.165) is 67.5 Å². The highest BCUT2D eigenvalue weighted by atomic mass is 16.2. The predicted molar refractivity (Wildman–Crippen MR) is 112 cm³/mol. The largest absolute Gasteiger partial charge is 0.336 e. The van der Waals surface area contributed by atoms with Crippen LogP contribution in [0.5, 0.6) is 0 Å². The van der Waals surface area contributed by atoms with Crippen LogP contribution in [0.1, 0.15) is 75.5 Å². The van der Waals surface area contributed by atoms with Crippen LogP contribution in [-0.2, 0) is 22.6 Å². The van der Waals surface area contributed by atoms with Gasteiger partial charge >= 0.3 is 0 Å². The van der Waals surface area contributed by atoms with Gasteiger partial charge in [-0.15, -0.1) is 0 Å². The zero-order chi connectivity index (χ0) is 20.3. The van der Waals surface area contributed by atoms with Crippen molar-refractivity contribution in [2.75, 3.05) is 11.9 Å². The molecule has 0 unspecified atom stereocenters.